The van der Waals surface area contributed by atoms with E-state index in [-0.39, 0.29) is 24.2 Å². The van der Waals surface area contributed by atoms with Crippen molar-refractivity contribution >= 4 is 17.6 Å². The van der Waals surface area contributed by atoms with Crippen molar-refractivity contribution in [1.29, 1.82) is 0 Å². The summed E-state index contributed by atoms with van der Waals surface area (Å²) in [6.45, 7) is 2.45. The van der Waals surface area contributed by atoms with Crippen LogP contribution in [0.1, 0.15) is 43.2 Å². The minimum Gasteiger partial charge on any atom is -0.333 e. The second-order valence-electron chi connectivity index (χ2n) is 10.4. The smallest absolute Gasteiger partial charge is 0.245 e. The molecule has 1 aromatic heterocycles. The summed E-state index contributed by atoms with van der Waals surface area (Å²) in [5.41, 5.74) is 3.89. The third kappa shape index (κ3) is 7.43. The number of halogens is 1. The van der Waals surface area contributed by atoms with E-state index in [2.05, 4.69) is 12.2 Å². The predicted octanol–water partition coefficient (Wildman–Crippen LogP) is 7.47. The molecule has 218 valence electrons. The van der Waals surface area contributed by atoms with Gasteiger partial charge in [0.25, 0.3) is 0 Å². The molecule has 1 heterocycles. The molecule has 2 amide bonds. The molecule has 0 aliphatic carbocycles. The van der Waals surface area contributed by atoms with Gasteiger partial charge in [0.15, 0.2) is 0 Å². The van der Waals surface area contributed by atoms with Gasteiger partial charge in [0.1, 0.15) is 11.6 Å². The number of rotatable bonds is 12. The number of aromatic nitrogens is 2. The monoisotopic (exact) mass is 574 g/mol. The van der Waals surface area contributed by atoms with Crippen LogP contribution in [0, 0.1) is 5.82 Å². The Hall–Kier alpha value is -5.04. The van der Waals surface area contributed by atoms with Crippen molar-refractivity contribution in [2.75, 3.05) is 18.4 Å². The lowest BCUT2D eigenvalue weighted by Gasteiger charge is -2.28. The summed E-state index contributed by atoms with van der Waals surface area (Å²) >= 11 is 0. The van der Waals surface area contributed by atoms with E-state index in [0.717, 1.165) is 36.0 Å². The number of benzene rings is 4. The number of amides is 2. The summed E-state index contributed by atoms with van der Waals surface area (Å²) in [6.07, 6.45) is 2.73. The second-order valence-corrected chi connectivity index (χ2v) is 10.4. The lowest BCUT2D eigenvalue weighted by molar-refractivity contribution is -0.135. The largest absolute Gasteiger partial charge is 0.333 e. The Balaban J connectivity index is 1.44. The van der Waals surface area contributed by atoms with Gasteiger partial charge in [-0.05, 0) is 41.8 Å². The molecule has 0 bridgehead atoms. The van der Waals surface area contributed by atoms with E-state index in [4.69, 9.17) is 5.10 Å². The molecule has 1 N–H and O–H groups in total. The standard InChI is InChI=1S/C36H35FN4O2/c1-2-3-13-24-40(36(43)35(28-16-9-5-10-17-28)29-18-11-6-12-19-29)26-34(42)38-33-25-32(27-14-7-4-8-15-27)39-41(33)31-22-20-30(37)21-23-31/h4-12,14-23,25,35H,2-3,13,24,26H2,1H3,(H,38,42). The Labute approximate surface area is 251 Å². The van der Waals surface area contributed by atoms with Gasteiger partial charge < -0.3 is 10.2 Å². The first-order valence-electron chi connectivity index (χ1n) is 14.6. The van der Waals surface area contributed by atoms with Crippen LogP contribution in [0.25, 0.3) is 16.9 Å². The molecule has 7 heteroatoms. The minimum atomic E-state index is -0.536. The van der Waals surface area contributed by atoms with Crippen LogP contribution in [0.4, 0.5) is 10.2 Å². The van der Waals surface area contributed by atoms with Crippen LogP contribution in [-0.4, -0.2) is 39.6 Å². The van der Waals surface area contributed by atoms with E-state index in [1.165, 1.54) is 12.1 Å². The summed E-state index contributed by atoms with van der Waals surface area (Å²) in [5.74, 6) is -0.934. The number of carbonyl (C=O) groups is 2. The summed E-state index contributed by atoms with van der Waals surface area (Å²) < 4.78 is 15.3. The maximum atomic E-state index is 14.2. The van der Waals surface area contributed by atoms with Gasteiger partial charge in [0, 0.05) is 18.2 Å². The molecule has 5 aromatic rings. The normalized spacial score (nSPS) is 11.0. The molecule has 4 aromatic carbocycles. The van der Waals surface area contributed by atoms with E-state index in [1.807, 2.05) is 91.0 Å². The van der Waals surface area contributed by atoms with Crippen LogP contribution in [0.5, 0.6) is 0 Å². The van der Waals surface area contributed by atoms with Gasteiger partial charge in [-0.3, -0.25) is 9.59 Å². The maximum Gasteiger partial charge on any atom is 0.245 e. The average Bonchev–Trinajstić information content (AvgIpc) is 3.46. The van der Waals surface area contributed by atoms with Crippen molar-refractivity contribution in [1.82, 2.24) is 14.7 Å². The van der Waals surface area contributed by atoms with Crippen molar-refractivity contribution in [2.45, 2.75) is 32.1 Å². The summed E-state index contributed by atoms with van der Waals surface area (Å²) in [4.78, 5) is 29.5. The summed E-state index contributed by atoms with van der Waals surface area (Å²) in [7, 11) is 0. The van der Waals surface area contributed by atoms with E-state index in [9.17, 15) is 14.0 Å². The van der Waals surface area contributed by atoms with Crippen LogP contribution in [-0.2, 0) is 9.59 Å². The quantitative estimate of drug-likeness (QED) is 0.157. The third-order valence-electron chi connectivity index (χ3n) is 7.31. The van der Waals surface area contributed by atoms with Crippen molar-refractivity contribution < 1.29 is 14.0 Å². The molecule has 0 radical (unpaired) electrons. The number of unbranched alkanes of at least 4 members (excludes halogenated alkanes) is 2. The Morgan fingerprint density at radius 3 is 1.98 bits per heavy atom. The predicted molar refractivity (Wildman–Crippen MR) is 168 cm³/mol. The number of nitrogens with zero attached hydrogens (tertiary/aromatic N) is 3. The fraction of sp³-hybridized carbons (Fsp3) is 0.194. The van der Waals surface area contributed by atoms with Crippen LogP contribution in [0.2, 0.25) is 0 Å². The number of anilines is 1. The first kappa shape index (κ1) is 29.5. The highest BCUT2D eigenvalue weighted by molar-refractivity contribution is 5.96. The summed E-state index contributed by atoms with van der Waals surface area (Å²) in [5, 5.41) is 7.70. The van der Waals surface area contributed by atoms with Gasteiger partial charge >= 0.3 is 0 Å². The first-order chi connectivity index (χ1) is 21.0. The Morgan fingerprint density at radius 2 is 1.40 bits per heavy atom. The van der Waals surface area contributed by atoms with Gasteiger partial charge in [-0.2, -0.15) is 5.10 Å². The minimum absolute atomic E-state index is 0.117. The van der Waals surface area contributed by atoms with Crippen LogP contribution >= 0.6 is 0 Å². The second kappa shape index (κ2) is 14.2. The zero-order valence-corrected chi connectivity index (χ0v) is 24.2. The molecule has 0 aliphatic rings. The Bertz CT molecular complexity index is 1580. The fourth-order valence-electron chi connectivity index (χ4n) is 5.13. The van der Waals surface area contributed by atoms with Gasteiger partial charge in [0.2, 0.25) is 11.8 Å². The highest BCUT2D eigenvalue weighted by atomic mass is 19.1. The summed E-state index contributed by atoms with van der Waals surface area (Å²) in [6, 6.07) is 36.7. The molecular formula is C36H35FN4O2. The lowest BCUT2D eigenvalue weighted by Crippen LogP contribution is -2.41. The highest BCUT2D eigenvalue weighted by Gasteiger charge is 2.29. The zero-order chi connectivity index (χ0) is 30.0. The van der Waals surface area contributed by atoms with Gasteiger partial charge in [-0.25, -0.2) is 9.07 Å². The van der Waals surface area contributed by atoms with Crippen LogP contribution < -0.4 is 5.32 Å². The fourth-order valence-corrected chi connectivity index (χ4v) is 5.13. The van der Waals surface area contributed by atoms with Crippen molar-refractivity contribution in [3.8, 4) is 16.9 Å². The lowest BCUT2D eigenvalue weighted by atomic mass is 9.90. The SMILES string of the molecule is CCCCCN(CC(=O)Nc1cc(-c2ccccc2)nn1-c1ccc(F)cc1)C(=O)C(c1ccccc1)c1ccccc1. The Morgan fingerprint density at radius 1 is 0.814 bits per heavy atom. The van der Waals surface area contributed by atoms with Crippen molar-refractivity contribution in [3.63, 3.8) is 0 Å². The number of nitrogens with one attached hydrogen (secondary N) is 1. The molecule has 0 unspecified atom stereocenters. The highest BCUT2D eigenvalue weighted by Crippen LogP contribution is 2.28. The zero-order valence-electron chi connectivity index (χ0n) is 24.2. The van der Waals surface area contributed by atoms with Crippen LogP contribution in [0.15, 0.2) is 121 Å². The molecule has 6 nitrogen and oxygen atoms in total. The van der Waals surface area contributed by atoms with E-state index >= 15 is 0 Å². The molecule has 0 aliphatic heterocycles. The topological polar surface area (TPSA) is 67.2 Å². The third-order valence-corrected chi connectivity index (χ3v) is 7.31. The van der Waals surface area contributed by atoms with Crippen LogP contribution in [0.3, 0.4) is 0 Å². The van der Waals surface area contributed by atoms with Gasteiger partial charge in [-0.1, -0.05) is 111 Å². The van der Waals surface area contributed by atoms with Gasteiger partial charge in [0.05, 0.1) is 23.8 Å². The molecular weight excluding hydrogens is 539 g/mol. The molecule has 0 saturated carbocycles. The molecule has 43 heavy (non-hydrogen) atoms. The molecule has 0 fully saturated rings. The van der Waals surface area contributed by atoms with E-state index in [1.54, 1.807) is 27.8 Å². The number of hydrogen-bond donors (Lipinski definition) is 1. The Kier molecular flexibility index (Phi) is 9.74. The van der Waals surface area contributed by atoms with Crippen molar-refractivity contribution in [2.24, 2.45) is 0 Å². The average molecular weight is 575 g/mol. The van der Waals surface area contributed by atoms with E-state index < -0.39 is 5.92 Å². The molecule has 5 rings (SSSR count). The molecule has 0 spiro atoms. The van der Waals surface area contributed by atoms with E-state index in [0.29, 0.717) is 23.7 Å². The molecule has 0 atom stereocenters. The van der Waals surface area contributed by atoms with Crippen molar-refractivity contribution in [3.05, 3.63) is 138 Å². The number of carbonyl (C=O) groups excluding carboxylic acids is 2. The molecule has 0 saturated heterocycles. The first-order valence-corrected chi connectivity index (χ1v) is 14.6. The van der Waals surface area contributed by atoms with Gasteiger partial charge in [-0.15, -0.1) is 0 Å². The maximum absolute atomic E-state index is 14.2. The number of hydrogen-bond acceptors (Lipinski definition) is 3.